The van der Waals surface area contributed by atoms with Crippen LogP contribution >= 0.6 is 0 Å². The van der Waals surface area contributed by atoms with Crippen molar-refractivity contribution in [3.63, 3.8) is 0 Å². The highest BCUT2D eigenvalue weighted by Crippen LogP contribution is 2.35. The number of benzene rings is 2. The molecule has 0 amide bonds. The van der Waals surface area contributed by atoms with E-state index in [9.17, 15) is 4.39 Å². The Balaban J connectivity index is 1.78. The molecule has 25 heavy (non-hydrogen) atoms. The van der Waals surface area contributed by atoms with Gasteiger partial charge >= 0.3 is 0 Å². The van der Waals surface area contributed by atoms with Gasteiger partial charge in [-0.2, -0.15) is 0 Å². The number of rotatable bonds is 2. The van der Waals surface area contributed by atoms with Crippen molar-refractivity contribution in [2.45, 2.75) is 18.9 Å². The van der Waals surface area contributed by atoms with Gasteiger partial charge in [0.25, 0.3) is 0 Å². The third kappa shape index (κ3) is 3.28. The minimum absolute atomic E-state index is 0.195. The maximum atomic E-state index is 13.3. The van der Waals surface area contributed by atoms with Crippen LogP contribution in [0.2, 0.25) is 0 Å². The standard InChI is InChI=1S/C20H19FN4/c1-25-9-8-19(14-2-5-17(21)6-3-14)18-7-4-15(10-16(18)11-25)20-23-12-22-13-24-20/h2-7,10,12-13,19H,8-9,11H2,1H3. The fourth-order valence-electron chi connectivity index (χ4n) is 3.53. The first kappa shape index (κ1) is 15.8. The zero-order valence-corrected chi connectivity index (χ0v) is 14.1. The SMILES string of the molecule is CN1CCC(c2ccc(F)cc2)c2ccc(-c3ncncn3)cc2C1. The lowest BCUT2D eigenvalue weighted by Crippen LogP contribution is -2.17. The van der Waals surface area contributed by atoms with Crippen LogP contribution in [0.25, 0.3) is 11.4 Å². The minimum atomic E-state index is -0.195. The van der Waals surface area contributed by atoms with Crippen LogP contribution in [0.1, 0.15) is 29.0 Å². The van der Waals surface area contributed by atoms with Crippen molar-refractivity contribution < 1.29 is 4.39 Å². The van der Waals surface area contributed by atoms with Gasteiger partial charge in [-0.25, -0.2) is 19.3 Å². The van der Waals surface area contributed by atoms with Gasteiger partial charge < -0.3 is 4.90 Å². The number of hydrogen-bond donors (Lipinski definition) is 0. The van der Waals surface area contributed by atoms with Gasteiger partial charge in [-0.3, -0.25) is 0 Å². The Morgan fingerprint density at radius 3 is 2.56 bits per heavy atom. The second-order valence-corrected chi connectivity index (χ2v) is 6.51. The zero-order valence-electron chi connectivity index (χ0n) is 14.1. The van der Waals surface area contributed by atoms with Gasteiger partial charge in [0.15, 0.2) is 5.82 Å². The molecule has 1 aromatic heterocycles. The van der Waals surface area contributed by atoms with Crippen molar-refractivity contribution in [1.82, 2.24) is 19.9 Å². The molecular formula is C20H19FN4. The van der Waals surface area contributed by atoms with Crippen LogP contribution in [0.15, 0.2) is 55.1 Å². The lowest BCUT2D eigenvalue weighted by molar-refractivity contribution is 0.328. The fourth-order valence-corrected chi connectivity index (χ4v) is 3.53. The quantitative estimate of drug-likeness (QED) is 0.717. The highest BCUT2D eigenvalue weighted by Gasteiger charge is 2.23. The van der Waals surface area contributed by atoms with Crippen molar-refractivity contribution in [1.29, 1.82) is 0 Å². The van der Waals surface area contributed by atoms with E-state index in [-0.39, 0.29) is 11.7 Å². The summed E-state index contributed by atoms with van der Waals surface area (Å²) in [6.07, 6.45) is 4.04. The Morgan fingerprint density at radius 2 is 1.80 bits per heavy atom. The van der Waals surface area contributed by atoms with Crippen molar-refractivity contribution >= 4 is 0 Å². The van der Waals surface area contributed by atoms with E-state index in [1.165, 1.54) is 23.8 Å². The van der Waals surface area contributed by atoms with Crippen LogP contribution in [0, 0.1) is 5.82 Å². The van der Waals surface area contributed by atoms with Gasteiger partial charge in [0, 0.05) is 18.0 Å². The van der Waals surface area contributed by atoms with Crippen LogP contribution in [0.5, 0.6) is 0 Å². The van der Waals surface area contributed by atoms with E-state index in [1.807, 2.05) is 12.1 Å². The maximum absolute atomic E-state index is 13.3. The van der Waals surface area contributed by atoms with Crippen molar-refractivity contribution in [3.8, 4) is 11.4 Å². The molecule has 1 aliphatic rings. The van der Waals surface area contributed by atoms with Gasteiger partial charge in [-0.1, -0.05) is 24.3 Å². The predicted molar refractivity (Wildman–Crippen MR) is 94.5 cm³/mol. The molecule has 4 rings (SSSR count). The molecule has 1 atom stereocenters. The highest BCUT2D eigenvalue weighted by atomic mass is 19.1. The number of nitrogens with zero attached hydrogens (tertiary/aromatic N) is 4. The summed E-state index contributed by atoms with van der Waals surface area (Å²) in [5.74, 6) is 0.760. The molecule has 0 radical (unpaired) electrons. The summed E-state index contributed by atoms with van der Waals surface area (Å²) in [7, 11) is 2.13. The molecule has 5 heteroatoms. The van der Waals surface area contributed by atoms with Crippen LogP contribution in [-0.2, 0) is 6.54 Å². The largest absolute Gasteiger partial charge is 0.302 e. The van der Waals surface area contributed by atoms with E-state index < -0.39 is 0 Å². The molecule has 3 aromatic rings. The molecule has 4 nitrogen and oxygen atoms in total. The monoisotopic (exact) mass is 334 g/mol. The number of halogens is 1. The second-order valence-electron chi connectivity index (χ2n) is 6.51. The molecule has 1 aliphatic heterocycles. The molecule has 0 bridgehead atoms. The molecular weight excluding hydrogens is 315 g/mol. The van der Waals surface area contributed by atoms with Gasteiger partial charge in [0.2, 0.25) is 0 Å². The Hall–Kier alpha value is -2.66. The molecule has 0 spiro atoms. The van der Waals surface area contributed by atoms with Crippen molar-refractivity contribution in [2.24, 2.45) is 0 Å². The molecule has 2 aromatic carbocycles. The number of hydrogen-bond acceptors (Lipinski definition) is 4. The van der Waals surface area contributed by atoms with Gasteiger partial charge in [0.1, 0.15) is 18.5 Å². The first-order valence-corrected chi connectivity index (χ1v) is 8.40. The Morgan fingerprint density at radius 1 is 1.04 bits per heavy atom. The van der Waals surface area contributed by atoms with E-state index in [2.05, 4.69) is 45.1 Å². The minimum Gasteiger partial charge on any atom is -0.302 e. The zero-order chi connectivity index (χ0) is 17.2. The first-order chi connectivity index (χ1) is 12.2. The van der Waals surface area contributed by atoms with Crippen LogP contribution in [0.4, 0.5) is 4.39 Å². The van der Waals surface area contributed by atoms with Crippen LogP contribution in [-0.4, -0.2) is 33.4 Å². The summed E-state index contributed by atoms with van der Waals surface area (Å²) in [4.78, 5) is 14.7. The van der Waals surface area contributed by atoms with Crippen LogP contribution in [0.3, 0.4) is 0 Å². The summed E-state index contributed by atoms with van der Waals surface area (Å²) < 4.78 is 13.3. The lowest BCUT2D eigenvalue weighted by atomic mass is 9.86. The maximum Gasteiger partial charge on any atom is 0.162 e. The van der Waals surface area contributed by atoms with Crippen molar-refractivity contribution in [3.05, 3.63) is 77.6 Å². The van der Waals surface area contributed by atoms with Gasteiger partial charge in [0.05, 0.1) is 0 Å². The Labute approximate surface area is 146 Å². The van der Waals surface area contributed by atoms with E-state index in [1.54, 1.807) is 12.1 Å². The molecule has 0 saturated carbocycles. The van der Waals surface area contributed by atoms with Crippen LogP contribution < -0.4 is 0 Å². The molecule has 126 valence electrons. The third-order valence-corrected chi connectivity index (χ3v) is 4.78. The second kappa shape index (κ2) is 6.69. The fraction of sp³-hybridized carbons (Fsp3) is 0.250. The Bertz CT molecular complexity index is 865. The molecule has 0 N–H and O–H groups in total. The summed E-state index contributed by atoms with van der Waals surface area (Å²) in [5.41, 5.74) is 4.72. The van der Waals surface area contributed by atoms with Crippen molar-refractivity contribution in [2.75, 3.05) is 13.6 Å². The predicted octanol–water partition coefficient (Wildman–Crippen LogP) is 3.65. The molecule has 2 heterocycles. The summed E-state index contributed by atoms with van der Waals surface area (Å²) in [5, 5.41) is 0. The molecule has 0 aliphatic carbocycles. The number of fused-ring (bicyclic) bond motifs is 1. The summed E-state index contributed by atoms with van der Waals surface area (Å²) >= 11 is 0. The normalized spacial score (nSPS) is 17.8. The molecule has 1 unspecified atom stereocenters. The summed E-state index contributed by atoms with van der Waals surface area (Å²) in [6, 6.07) is 13.3. The van der Waals surface area contributed by atoms with E-state index >= 15 is 0 Å². The summed E-state index contributed by atoms with van der Waals surface area (Å²) in [6.45, 7) is 1.88. The topological polar surface area (TPSA) is 41.9 Å². The highest BCUT2D eigenvalue weighted by molar-refractivity contribution is 5.58. The van der Waals surface area contributed by atoms with Gasteiger partial charge in [-0.05, 0) is 54.9 Å². The van der Waals surface area contributed by atoms with E-state index in [4.69, 9.17) is 0 Å². The third-order valence-electron chi connectivity index (χ3n) is 4.78. The van der Waals surface area contributed by atoms with E-state index in [0.29, 0.717) is 5.82 Å². The average molecular weight is 334 g/mol. The molecule has 0 saturated heterocycles. The molecule has 0 fully saturated rings. The van der Waals surface area contributed by atoms with Gasteiger partial charge in [-0.15, -0.1) is 0 Å². The lowest BCUT2D eigenvalue weighted by Gasteiger charge is -2.18. The smallest absolute Gasteiger partial charge is 0.162 e. The number of aromatic nitrogens is 3. The Kier molecular flexibility index (Phi) is 4.24. The van der Waals surface area contributed by atoms with E-state index in [0.717, 1.165) is 30.6 Å². The first-order valence-electron chi connectivity index (χ1n) is 8.40. The average Bonchev–Trinajstić information content (AvgIpc) is 2.81.